The predicted molar refractivity (Wildman–Crippen MR) is 43.5 cm³/mol. The molecule has 0 radical (unpaired) electrons. The number of ether oxygens (including phenoxy) is 1. The fourth-order valence-electron chi connectivity index (χ4n) is 1.15. The van der Waals surface area contributed by atoms with Gasteiger partial charge in [0.25, 0.3) is 0 Å². The first kappa shape index (κ1) is 8.97. The maximum Gasteiger partial charge on any atom is 0.302 e. The maximum absolute atomic E-state index is 11.3. The molecule has 1 aliphatic carbocycles. The van der Waals surface area contributed by atoms with Crippen LogP contribution in [0.2, 0.25) is 0 Å². The molecule has 0 bridgehead atoms. The molecule has 0 aliphatic heterocycles. The smallest absolute Gasteiger partial charge is 0.302 e. The molecule has 1 unspecified atom stereocenters. The number of allylic oxidation sites excluding steroid dienone is 1. The molecule has 0 saturated heterocycles. The maximum atomic E-state index is 11.3. The Kier molecular flexibility index (Phi) is 2.63. The third kappa shape index (κ3) is 1.94. The van der Waals surface area contributed by atoms with Crippen molar-refractivity contribution in [1.82, 2.24) is 0 Å². The molecular weight excluding hydrogens is 156 g/mol. The summed E-state index contributed by atoms with van der Waals surface area (Å²) in [6.07, 6.45) is 2.62. The van der Waals surface area contributed by atoms with Crippen LogP contribution in [0, 0.1) is 5.92 Å². The Morgan fingerprint density at radius 1 is 1.75 bits per heavy atom. The highest BCUT2D eigenvalue weighted by molar-refractivity contribution is 5.99. The third-order valence-corrected chi connectivity index (χ3v) is 1.91. The van der Waals surface area contributed by atoms with Crippen molar-refractivity contribution in [3.8, 4) is 0 Å². The molecule has 1 atom stereocenters. The van der Waals surface area contributed by atoms with Crippen molar-refractivity contribution in [3.63, 3.8) is 0 Å². The molecule has 3 nitrogen and oxygen atoms in total. The van der Waals surface area contributed by atoms with Crippen LogP contribution in [0.1, 0.15) is 20.3 Å². The van der Waals surface area contributed by atoms with Gasteiger partial charge in [-0.05, 0) is 6.42 Å². The minimum Gasteiger partial charge on any atom is -0.461 e. The molecule has 0 N–H and O–H groups in total. The number of esters is 1. The van der Waals surface area contributed by atoms with Crippen LogP contribution in [0.5, 0.6) is 0 Å². The van der Waals surface area contributed by atoms with Gasteiger partial charge >= 0.3 is 5.97 Å². The van der Waals surface area contributed by atoms with Crippen LogP contribution in [-0.4, -0.2) is 18.4 Å². The van der Waals surface area contributed by atoms with Gasteiger partial charge in [-0.3, -0.25) is 9.59 Å². The van der Waals surface area contributed by atoms with Crippen molar-refractivity contribution < 1.29 is 14.3 Å². The number of rotatable bonds is 2. The van der Waals surface area contributed by atoms with Crippen molar-refractivity contribution in [2.45, 2.75) is 20.3 Å². The Hall–Kier alpha value is -1.12. The summed E-state index contributed by atoms with van der Waals surface area (Å²) >= 11 is 0. The van der Waals surface area contributed by atoms with E-state index in [0.29, 0.717) is 5.57 Å². The molecule has 1 aliphatic rings. The summed E-state index contributed by atoms with van der Waals surface area (Å²) in [5, 5.41) is 0. The zero-order valence-electron chi connectivity index (χ0n) is 7.29. The molecule has 0 spiro atoms. The highest BCUT2D eigenvalue weighted by atomic mass is 16.5. The standard InChI is InChI=1S/C9H12O3/c1-6-3-4-8(9(6)11)5-12-7(2)10/h4,6H,3,5H2,1-2H3. The Morgan fingerprint density at radius 2 is 2.42 bits per heavy atom. The van der Waals surface area contributed by atoms with Gasteiger partial charge in [0.15, 0.2) is 5.78 Å². The van der Waals surface area contributed by atoms with Crippen molar-refractivity contribution in [2.24, 2.45) is 5.92 Å². The zero-order chi connectivity index (χ0) is 9.14. The molecule has 0 aromatic heterocycles. The fraction of sp³-hybridized carbons (Fsp3) is 0.556. The SMILES string of the molecule is CC(=O)OCC1=CCC(C)C1=O. The lowest BCUT2D eigenvalue weighted by molar-refractivity contribution is -0.140. The van der Waals surface area contributed by atoms with E-state index in [0.717, 1.165) is 6.42 Å². The summed E-state index contributed by atoms with van der Waals surface area (Å²) in [4.78, 5) is 21.7. The predicted octanol–water partition coefficient (Wildman–Crippen LogP) is 1.08. The molecule has 0 heterocycles. The first-order valence-electron chi connectivity index (χ1n) is 3.98. The van der Waals surface area contributed by atoms with Crippen LogP contribution in [0.4, 0.5) is 0 Å². The topological polar surface area (TPSA) is 43.4 Å². The Labute approximate surface area is 71.4 Å². The number of carbonyl (C=O) groups is 2. The summed E-state index contributed by atoms with van der Waals surface area (Å²) in [5.74, 6) is -0.171. The number of carbonyl (C=O) groups excluding carboxylic acids is 2. The number of hydrogen-bond acceptors (Lipinski definition) is 3. The van der Waals surface area contributed by atoms with Gasteiger partial charge in [-0.25, -0.2) is 0 Å². The molecule has 0 fully saturated rings. The van der Waals surface area contributed by atoms with Crippen LogP contribution in [0.3, 0.4) is 0 Å². The second-order valence-corrected chi connectivity index (χ2v) is 3.01. The minimum absolute atomic E-state index is 0.0653. The highest BCUT2D eigenvalue weighted by Crippen LogP contribution is 2.20. The van der Waals surface area contributed by atoms with Crippen LogP contribution in [-0.2, 0) is 14.3 Å². The van der Waals surface area contributed by atoms with E-state index < -0.39 is 0 Å². The molecule has 66 valence electrons. The van der Waals surface area contributed by atoms with E-state index in [1.807, 2.05) is 13.0 Å². The van der Waals surface area contributed by atoms with Crippen molar-refractivity contribution in [2.75, 3.05) is 6.61 Å². The normalized spacial score (nSPS) is 22.3. The first-order valence-corrected chi connectivity index (χ1v) is 3.98. The lowest BCUT2D eigenvalue weighted by Crippen LogP contribution is -2.12. The molecule has 0 aromatic carbocycles. The van der Waals surface area contributed by atoms with Gasteiger partial charge in [0.05, 0.1) is 0 Å². The van der Waals surface area contributed by atoms with Crippen LogP contribution >= 0.6 is 0 Å². The van der Waals surface area contributed by atoms with E-state index in [1.54, 1.807) is 0 Å². The number of hydrogen-bond donors (Lipinski definition) is 0. The van der Waals surface area contributed by atoms with Gasteiger partial charge in [-0.2, -0.15) is 0 Å². The van der Waals surface area contributed by atoms with Crippen LogP contribution in [0.25, 0.3) is 0 Å². The summed E-state index contributed by atoms with van der Waals surface area (Å²) < 4.78 is 4.72. The van der Waals surface area contributed by atoms with E-state index in [1.165, 1.54) is 6.92 Å². The lowest BCUT2D eigenvalue weighted by Gasteiger charge is -2.02. The molecule has 1 rings (SSSR count). The van der Waals surface area contributed by atoms with E-state index in [4.69, 9.17) is 4.74 Å². The summed E-state index contributed by atoms with van der Waals surface area (Å²) in [7, 11) is 0. The van der Waals surface area contributed by atoms with E-state index in [-0.39, 0.29) is 24.3 Å². The third-order valence-electron chi connectivity index (χ3n) is 1.91. The Bertz CT molecular complexity index is 240. The quantitative estimate of drug-likeness (QED) is 0.579. The van der Waals surface area contributed by atoms with Crippen molar-refractivity contribution in [3.05, 3.63) is 11.6 Å². The van der Waals surface area contributed by atoms with E-state index in [9.17, 15) is 9.59 Å². The van der Waals surface area contributed by atoms with Crippen LogP contribution in [0.15, 0.2) is 11.6 Å². The summed E-state index contributed by atoms with van der Waals surface area (Å²) in [6.45, 7) is 3.35. The van der Waals surface area contributed by atoms with Crippen molar-refractivity contribution in [1.29, 1.82) is 0 Å². The fourth-order valence-corrected chi connectivity index (χ4v) is 1.15. The van der Waals surface area contributed by atoms with E-state index >= 15 is 0 Å². The molecular formula is C9H12O3. The largest absolute Gasteiger partial charge is 0.461 e. The average Bonchev–Trinajstić information content (AvgIpc) is 2.30. The molecule has 12 heavy (non-hydrogen) atoms. The van der Waals surface area contributed by atoms with Gasteiger partial charge in [0.2, 0.25) is 0 Å². The second-order valence-electron chi connectivity index (χ2n) is 3.01. The Balaban J connectivity index is 2.44. The molecule has 0 amide bonds. The summed E-state index contributed by atoms with van der Waals surface area (Å²) in [6, 6.07) is 0. The van der Waals surface area contributed by atoms with Gasteiger partial charge in [-0.15, -0.1) is 0 Å². The number of Topliss-reactive ketones (excluding diaryl/α,β-unsaturated/α-hetero) is 1. The lowest BCUT2D eigenvalue weighted by atomic mass is 10.1. The molecule has 0 saturated carbocycles. The minimum atomic E-state index is -0.344. The Morgan fingerprint density at radius 3 is 2.83 bits per heavy atom. The monoisotopic (exact) mass is 168 g/mol. The molecule has 3 heteroatoms. The first-order chi connectivity index (χ1) is 5.61. The zero-order valence-corrected chi connectivity index (χ0v) is 7.29. The summed E-state index contributed by atoms with van der Waals surface area (Å²) in [5.41, 5.74) is 0.637. The highest BCUT2D eigenvalue weighted by Gasteiger charge is 2.23. The second kappa shape index (κ2) is 3.52. The average molecular weight is 168 g/mol. The van der Waals surface area contributed by atoms with Gasteiger partial charge < -0.3 is 4.74 Å². The van der Waals surface area contributed by atoms with Gasteiger partial charge in [0, 0.05) is 18.4 Å². The van der Waals surface area contributed by atoms with Crippen molar-refractivity contribution >= 4 is 11.8 Å². The molecule has 0 aromatic rings. The van der Waals surface area contributed by atoms with E-state index in [2.05, 4.69) is 0 Å². The van der Waals surface area contributed by atoms with Gasteiger partial charge in [-0.1, -0.05) is 13.0 Å². The number of ketones is 1. The van der Waals surface area contributed by atoms with Gasteiger partial charge in [0.1, 0.15) is 6.61 Å². The van der Waals surface area contributed by atoms with Crippen LogP contribution < -0.4 is 0 Å².